The Bertz CT molecular complexity index is 1000. The number of benzene rings is 3. The average molecular weight is 445 g/mol. The zero-order valence-electron chi connectivity index (χ0n) is 16.7. The highest BCUT2D eigenvalue weighted by Gasteiger charge is 2.13. The number of nitrogens with one attached hydrogen (secondary N) is 2. The number of amides is 1. The Morgan fingerprint density at radius 3 is 2.20 bits per heavy atom. The standard InChI is InChI=1S/C23H22Cl2N2O3/c1-15(28)27-18-11-9-17(10-12-18)26-13-16-5-3-8-22(29-2)23(16)30-14-19-20(24)6-4-7-21(19)25/h3-12,26H,13-14H2,1-2H3,(H,27,28). The van der Waals surface area contributed by atoms with Crippen LogP contribution in [-0.2, 0) is 17.9 Å². The third kappa shape index (κ3) is 5.59. The van der Waals surface area contributed by atoms with Crippen LogP contribution >= 0.6 is 23.2 Å². The molecule has 0 radical (unpaired) electrons. The molecule has 156 valence electrons. The Hall–Kier alpha value is -2.89. The molecule has 7 heteroatoms. The molecule has 0 bridgehead atoms. The molecule has 0 aliphatic heterocycles. The summed E-state index contributed by atoms with van der Waals surface area (Å²) >= 11 is 12.5. The summed E-state index contributed by atoms with van der Waals surface area (Å²) in [4.78, 5) is 11.1. The molecule has 2 N–H and O–H groups in total. The maximum atomic E-state index is 11.1. The molecule has 0 saturated carbocycles. The highest BCUT2D eigenvalue weighted by Crippen LogP contribution is 2.34. The van der Waals surface area contributed by atoms with Crippen LogP contribution in [0.15, 0.2) is 60.7 Å². The van der Waals surface area contributed by atoms with Crippen molar-refractivity contribution in [3.8, 4) is 11.5 Å². The lowest BCUT2D eigenvalue weighted by Gasteiger charge is -2.17. The van der Waals surface area contributed by atoms with Gasteiger partial charge in [0.15, 0.2) is 11.5 Å². The van der Waals surface area contributed by atoms with Crippen LogP contribution in [-0.4, -0.2) is 13.0 Å². The second-order valence-corrected chi connectivity index (χ2v) is 7.36. The Labute approximate surface area is 185 Å². The van der Waals surface area contributed by atoms with Crippen molar-refractivity contribution in [3.63, 3.8) is 0 Å². The lowest BCUT2D eigenvalue weighted by Crippen LogP contribution is -2.07. The van der Waals surface area contributed by atoms with Gasteiger partial charge in [0.05, 0.1) is 7.11 Å². The van der Waals surface area contributed by atoms with E-state index in [1.807, 2.05) is 42.5 Å². The molecule has 0 atom stereocenters. The van der Waals surface area contributed by atoms with Crippen LogP contribution in [0, 0.1) is 0 Å². The molecular formula is C23H22Cl2N2O3. The lowest BCUT2D eigenvalue weighted by atomic mass is 10.1. The second kappa shape index (κ2) is 10.2. The number of carbonyl (C=O) groups excluding carboxylic acids is 1. The van der Waals surface area contributed by atoms with Crippen molar-refractivity contribution in [3.05, 3.63) is 81.8 Å². The van der Waals surface area contributed by atoms with Crippen LogP contribution in [0.5, 0.6) is 11.5 Å². The molecule has 0 unspecified atom stereocenters. The molecule has 5 nitrogen and oxygen atoms in total. The molecule has 30 heavy (non-hydrogen) atoms. The largest absolute Gasteiger partial charge is 0.493 e. The van der Waals surface area contributed by atoms with Crippen molar-refractivity contribution in [1.29, 1.82) is 0 Å². The van der Waals surface area contributed by atoms with E-state index >= 15 is 0 Å². The molecule has 0 heterocycles. The summed E-state index contributed by atoms with van der Waals surface area (Å²) in [7, 11) is 1.60. The molecular weight excluding hydrogens is 423 g/mol. The highest BCUT2D eigenvalue weighted by atomic mass is 35.5. The van der Waals surface area contributed by atoms with Crippen LogP contribution in [0.3, 0.4) is 0 Å². The minimum atomic E-state index is -0.104. The van der Waals surface area contributed by atoms with Gasteiger partial charge in [0.2, 0.25) is 5.91 Å². The topological polar surface area (TPSA) is 59.6 Å². The summed E-state index contributed by atoms with van der Waals surface area (Å²) in [6.45, 7) is 2.21. The van der Waals surface area contributed by atoms with E-state index in [0.29, 0.717) is 28.1 Å². The summed E-state index contributed by atoms with van der Waals surface area (Å²) in [6.07, 6.45) is 0. The lowest BCUT2D eigenvalue weighted by molar-refractivity contribution is -0.114. The second-order valence-electron chi connectivity index (χ2n) is 6.55. The minimum Gasteiger partial charge on any atom is -0.493 e. The maximum absolute atomic E-state index is 11.1. The van der Waals surface area contributed by atoms with Crippen molar-refractivity contribution in [2.75, 3.05) is 17.7 Å². The number of rotatable bonds is 8. The van der Waals surface area contributed by atoms with Gasteiger partial charge >= 0.3 is 0 Å². The van der Waals surface area contributed by atoms with Gasteiger partial charge in [-0.1, -0.05) is 41.4 Å². The number of carbonyl (C=O) groups is 1. The number of hydrogen-bond donors (Lipinski definition) is 2. The van der Waals surface area contributed by atoms with Gasteiger partial charge in [-0.25, -0.2) is 0 Å². The van der Waals surface area contributed by atoms with E-state index in [2.05, 4.69) is 10.6 Å². The van der Waals surface area contributed by atoms with Crippen LogP contribution in [0.2, 0.25) is 10.0 Å². The zero-order valence-corrected chi connectivity index (χ0v) is 18.2. The van der Waals surface area contributed by atoms with E-state index in [1.165, 1.54) is 6.92 Å². The Kier molecular flexibility index (Phi) is 7.44. The number of methoxy groups -OCH3 is 1. The SMILES string of the molecule is COc1cccc(CNc2ccc(NC(C)=O)cc2)c1OCc1c(Cl)cccc1Cl. The molecule has 0 aliphatic rings. The summed E-state index contributed by atoms with van der Waals surface area (Å²) in [6, 6.07) is 18.5. The third-order valence-electron chi connectivity index (χ3n) is 4.39. The van der Waals surface area contributed by atoms with Gasteiger partial charge in [0.1, 0.15) is 6.61 Å². The van der Waals surface area contributed by atoms with Crippen molar-refractivity contribution < 1.29 is 14.3 Å². The number of anilines is 2. The number of ether oxygens (including phenoxy) is 2. The van der Waals surface area contributed by atoms with Gasteiger partial charge in [-0.2, -0.15) is 0 Å². The molecule has 0 aliphatic carbocycles. The molecule has 0 fully saturated rings. The summed E-state index contributed by atoms with van der Waals surface area (Å²) in [5.41, 5.74) is 3.30. The van der Waals surface area contributed by atoms with E-state index in [1.54, 1.807) is 25.3 Å². The minimum absolute atomic E-state index is 0.104. The van der Waals surface area contributed by atoms with E-state index in [4.69, 9.17) is 32.7 Å². The maximum Gasteiger partial charge on any atom is 0.221 e. The van der Waals surface area contributed by atoms with Gasteiger partial charge in [-0.3, -0.25) is 4.79 Å². The van der Waals surface area contributed by atoms with E-state index in [9.17, 15) is 4.79 Å². The van der Waals surface area contributed by atoms with Crippen LogP contribution < -0.4 is 20.1 Å². The van der Waals surface area contributed by atoms with E-state index in [0.717, 1.165) is 22.5 Å². The quantitative estimate of drug-likeness (QED) is 0.437. The first kappa shape index (κ1) is 21.8. The van der Waals surface area contributed by atoms with Crippen LogP contribution in [0.1, 0.15) is 18.1 Å². The predicted molar refractivity (Wildman–Crippen MR) is 122 cm³/mol. The molecule has 0 spiro atoms. The Morgan fingerprint density at radius 1 is 0.933 bits per heavy atom. The molecule has 3 rings (SSSR count). The summed E-state index contributed by atoms with van der Waals surface area (Å²) in [5.74, 6) is 1.14. The fraction of sp³-hybridized carbons (Fsp3) is 0.174. The summed E-state index contributed by atoms with van der Waals surface area (Å²) < 4.78 is 11.6. The molecule has 3 aromatic carbocycles. The molecule has 0 aromatic heterocycles. The number of para-hydroxylation sites is 1. The average Bonchev–Trinajstić information content (AvgIpc) is 2.73. The number of halogens is 2. The highest BCUT2D eigenvalue weighted by molar-refractivity contribution is 6.35. The Morgan fingerprint density at radius 2 is 1.57 bits per heavy atom. The monoisotopic (exact) mass is 444 g/mol. The fourth-order valence-corrected chi connectivity index (χ4v) is 3.42. The Balaban J connectivity index is 1.74. The molecule has 0 saturated heterocycles. The first-order chi connectivity index (χ1) is 14.5. The summed E-state index contributed by atoms with van der Waals surface area (Å²) in [5, 5.41) is 7.20. The van der Waals surface area contributed by atoms with E-state index in [-0.39, 0.29) is 12.5 Å². The fourth-order valence-electron chi connectivity index (χ4n) is 2.91. The van der Waals surface area contributed by atoms with Gasteiger partial charge in [0, 0.05) is 46.0 Å². The van der Waals surface area contributed by atoms with Crippen molar-refractivity contribution in [2.45, 2.75) is 20.1 Å². The first-order valence-corrected chi connectivity index (χ1v) is 10.1. The normalized spacial score (nSPS) is 10.4. The van der Waals surface area contributed by atoms with Gasteiger partial charge in [-0.15, -0.1) is 0 Å². The number of hydrogen-bond acceptors (Lipinski definition) is 4. The zero-order chi connectivity index (χ0) is 21.5. The third-order valence-corrected chi connectivity index (χ3v) is 5.10. The van der Waals surface area contributed by atoms with Crippen LogP contribution in [0.25, 0.3) is 0 Å². The van der Waals surface area contributed by atoms with Crippen molar-refractivity contribution in [1.82, 2.24) is 0 Å². The first-order valence-electron chi connectivity index (χ1n) is 9.31. The van der Waals surface area contributed by atoms with E-state index < -0.39 is 0 Å². The van der Waals surface area contributed by atoms with Crippen molar-refractivity contribution in [2.24, 2.45) is 0 Å². The van der Waals surface area contributed by atoms with Crippen LogP contribution in [0.4, 0.5) is 11.4 Å². The molecule has 3 aromatic rings. The molecule has 1 amide bonds. The smallest absolute Gasteiger partial charge is 0.221 e. The van der Waals surface area contributed by atoms with Gasteiger partial charge < -0.3 is 20.1 Å². The van der Waals surface area contributed by atoms with Crippen molar-refractivity contribution >= 4 is 40.5 Å². The predicted octanol–water partition coefficient (Wildman–Crippen LogP) is 6.15. The van der Waals surface area contributed by atoms with Gasteiger partial charge in [-0.05, 0) is 42.5 Å². The van der Waals surface area contributed by atoms with Gasteiger partial charge in [0.25, 0.3) is 0 Å².